The Balaban J connectivity index is 1.86. The van der Waals surface area contributed by atoms with Gasteiger partial charge in [0, 0.05) is 49.7 Å². The highest BCUT2D eigenvalue weighted by Crippen LogP contribution is 2.12. The SMILES string of the molecule is CC(C)C[C@H](NC(=O)[C@H](CCCN=C(N)N)NC(=O)[C@@H](NC(=O)[C@H](CCCN=C(N)N)NC(=O)[C@@H]1CCCN1)[C@@H](C)O)C(=O)N[C@@H](Cc1cnc[nH]1)C(=O)N[C@H](C(=O)N[C@@H](Cc1cnc[nH]1)C(=O)O)[C@@H](C)O. The number of amides is 7. The normalized spacial score (nSPS) is 17.0. The zero-order valence-electron chi connectivity index (χ0n) is 40.9. The zero-order valence-corrected chi connectivity index (χ0v) is 40.9. The van der Waals surface area contributed by atoms with Gasteiger partial charge in [-0.2, -0.15) is 0 Å². The average Bonchev–Trinajstić information content (AvgIpc) is 4.14. The monoisotopic (exact) mass is 1020 g/mol. The Hall–Kier alpha value is -7.40. The highest BCUT2D eigenvalue weighted by Gasteiger charge is 2.37. The summed E-state index contributed by atoms with van der Waals surface area (Å²) in [7, 11) is 0. The molecule has 0 spiro atoms. The van der Waals surface area contributed by atoms with E-state index in [2.05, 4.69) is 72.5 Å². The van der Waals surface area contributed by atoms with E-state index >= 15 is 0 Å². The fourth-order valence-corrected chi connectivity index (χ4v) is 7.46. The molecule has 2 aromatic rings. The molecule has 1 aliphatic heterocycles. The molecule has 1 fully saturated rings. The second-order valence-electron chi connectivity index (χ2n) is 17.8. The summed E-state index contributed by atoms with van der Waals surface area (Å²) >= 11 is 0. The van der Waals surface area contributed by atoms with Gasteiger partial charge in [-0.05, 0) is 71.3 Å². The first kappa shape index (κ1) is 58.9. The molecule has 3 heterocycles. The third kappa shape index (κ3) is 20.5. The van der Waals surface area contributed by atoms with Crippen molar-refractivity contribution in [3.8, 4) is 0 Å². The van der Waals surface area contributed by atoms with Crippen LogP contribution in [-0.2, 0) is 51.2 Å². The number of H-pyrrole nitrogens is 2. The molecule has 0 bridgehead atoms. The lowest BCUT2D eigenvalue weighted by atomic mass is 10.0. The maximum Gasteiger partial charge on any atom is 0.326 e. The van der Waals surface area contributed by atoms with E-state index in [1.165, 1.54) is 38.9 Å². The number of carboxylic acids is 1. The summed E-state index contributed by atoms with van der Waals surface area (Å²) in [6.45, 7) is 6.70. The lowest BCUT2D eigenvalue weighted by molar-refractivity contribution is -0.143. The number of hydrogen-bond donors (Lipinski definition) is 17. The van der Waals surface area contributed by atoms with Gasteiger partial charge in [-0.3, -0.25) is 43.5 Å². The van der Waals surface area contributed by atoms with Crippen LogP contribution in [0.2, 0.25) is 0 Å². The van der Waals surface area contributed by atoms with Crippen molar-refractivity contribution in [3.05, 3.63) is 36.4 Å². The summed E-state index contributed by atoms with van der Waals surface area (Å²) in [6, 6.07) is -10.9. The molecular formula is C43H72N18O11. The molecular weight excluding hydrogens is 945 g/mol. The van der Waals surface area contributed by atoms with Crippen molar-refractivity contribution in [1.29, 1.82) is 0 Å². The molecule has 21 N–H and O–H groups in total. The van der Waals surface area contributed by atoms with Crippen LogP contribution in [0, 0.1) is 5.92 Å². The van der Waals surface area contributed by atoms with E-state index in [0.717, 1.165) is 6.42 Å². The quantitative estimate of drug-likeness (QED) is 0.0190. The topological polar surface area (TPSA) is 480 Å². The average molecular weight is 1020 g/mol. The van der Waals surface area contributed by atoms with Crippen molar-refractivity contribution in [1.82, 2.24) is 62.5 Å². The Morgan fingerprint density at radius 1 is 0.625 bits per heavy atom. The van der Waals surface area contributed by atoms with E-state index < -0.39 is 108 Å². The van der Waals surface area contributed by atoms with E-state index in [1.807, 2.05) is 0 Å². The number of carbonyl (C=O) groups is 8. The first-order valence-electron chi connectivity index (χ1n) is 23.6. The van der Waals surface area contributed by atoms with Crippen LogP contribution in [0.15, 0.2) is 35.0 Å². The number of rotatable bonds is 31. The minimum atomic E-state index is -1.71. The number of guanidine groups is 2. The van der Waals surface area contributed by atoms with Crippen LogP contribution in [0.25, 0.3) is 0 Å². The highest BCUT2D eigenvalue weighted by molar-refractivity contribution is 5.98. The van der Waals surface area contributed by atoms with E-state index in [4.69, 9.17) is 22.9 Å². The lowest BCUT2D eigenvalue weighted by Gasteiger charge is -2.29. The largest absolute Gasteiger partial charge is 0.480 e. The number of aliphatic imine (C=N–C) groups is 2. The van der Waals surface area contributed by atoms with Crippen molar-refractivity contribution < 1.29 is 53.7 Å². The molecule has 1 saturated heterocycles. The van der Waals surface area contributed by atoms with Gasteiger partial charge in [0.1, 0.15) is 42.3 Å². The highest BCUT2D eigenvalue weighted by atomic mass is 16.4. The summed E-state index contributed by atoms with van der Waals surface area (Å²) in [5.74, 6) is -8.12. The molecule has 3 rings (SSSR count). The number of nitrogens with one attached hydrogen (secondary N) is 10. The van der Waals surface area contributed by atoms with E-state index in [1.54, 1.807) is 13.8 Å². The van der Waals surface area contributed by atoms with Gasteiger partial charge in [0.05, 0.1) is 30.9 Å². The van der Waals surface area contributed by atoms with Gasteiger partial charge in [-0.1, -0.05) is 13.8 Å². The molecule has 400 valence electrons. The first-order valence-corrected chi connectivity index (χ1v) is 23.6. The predicted octanol–water partition coefficient (Wildman–Crippen LogP) is -5.94. The number of imidazole rings is 2. The van der Waals surface area contributed by atoms with Crippen LogP contribution in [0.1, 0.15) is 84.0 Å². The fourth-order valence-electron chi connectivity index (χ4n) is 7.46. The number of nitrogens with zero attached hydrogens (tertiary/aromatic N) is 4. The zero-order chi connectivity index (χ0) is 53.5. The number of hydrogen-bond acceptors (Lipinski definition) is 15. The van der Waals surface area contributed by atoms with E-state index in [-0.39, 0.29) is 75.9 Å². The van der Waals surface area contributed by atoms with E-state index in [9.17, 15) is 53.7 Å². The Kier molecular flexibility index (Phi) is 24.3. The van der Waals surface area contributed by atoms with Gasteiger partial charge in [0.25, 0.3) is 0 Å². The van der Waals surface area contributed by atoms with Crippen molar-refractivity contribution >= 4 is 59.2 Å². The number of aliphatic hydroxyl groups is 2. The summed E-state index contributed by atoms with van der Waals surface area (Å²) < 4.78 is 0. The minimum absolute atomic E-state index is 0.00469. The molecule has 0 saturated carbocycles. The van der Waals surface area contributed by atoms with Gasteiger partial charge in [-0.15, -0.1) is 0 Å². The Bertz CT molecular complexity index is 2140. The van der Waals surface area contributed by atoms with Crippen LogP contribution in [0.3, 0.4) is 0 Å². The number of carboxylic acid groups (broad SMARTS) is 1. The van der Waals surface area contributed by atoms with Gasteiger partial charge in [-0.25, -0.2) is 14.8 Å². The van der Waals surface area contributed by atoms with Crippen LogP contribution >= 0.6 is 0 Å². The molecule has 7 amide bonds. The number of aromatic nitrogens is 4. The molecule has 0 aliphatic carbocycles. The summed E-state index contributed by atoms with van der Waals surface area (Å²) in [6.07, 6.45) is 3.43. The first-order chi connectivity index (χ1) is 34.1. The molecule has 0 radical (unpaired) electrons. The Morgan fingerprint density at radius 2 is 1.06 bits per heavy atom. The van der Waals surface area contributed by atoms with Crippen molar-refractivity contribution in [2.24, 2.45) is 38.8 Å². The minimum Gasteiger partial charge on any atom is -0.480 e. The van der Waals surface area contributed by atoms with Crippen LogP contribution < -0.4 is 65.5 Å². The second kappa shape index (κ2) is 29.7. The fraction of sp³-hybridized carbons (Fsp3) is 0.628. The number of aromatic amines is 2. The second-order valence-corrected chi connectivity index (χ2v) is 17.8. The summed E-state index contributed by atoms with van der Waals surface area (Å²) in [5, 5.41) is 52.0. The van der Waals surface area contributed by atoms with E-state index in [0.29, 0.717) is 24.4 Å². The lowest BCUT2D eigenvalue weighted by Crippen LogP contribution is -2.62. The van der Waals surface area contributed by atoms with Crippen LogP contribution in [0.4, 0.5) is 0 Å². The number of aliphatic hydroxyl groups excluding tert-OH is 2. The Morgan fingerprint density at radius 3 is 1.49 bits per heavy atom. The third-order valence-electron chi connectivity index (χ3n) is 11.2. The van der Waals surface area contributed by atoms with Gasteiger partial charge in [0.2, 0.25) is 41.4 Å². The molecule has 29 heteroatoms. The molecule has 10 atom stereocenters. The van der Waals surface area contributed by atoms with Gasteiger partial charge < -0.3 is 90.8 Å². The van der Waals surface area contributed by atoms with Gasteiger partial charge >= 0.3 is 5.97 Å². The van der Waals surface area contributed by atoms with Crippen LogP contribution in [0.5, 0.6) is 0 Å². The smallest absolute Gasteiger partial charge is 0.326 e. The number of carbonyl (C=O) groups excluding carboxylic acids is 7. The molecule has 0 unspecified atom stereocenters. The maximum atomic E-state index is 14.2. The maximum absolute atomic E-state index is 14.2. The van der Waals surface area contributed by atoms with Crippen molar-refractivity contribution in [2.45, 2.75) is 146 Å². The molecule has 29 nitrogen and oxygen atoms in total. The number of nitrogens with two attached hydrogens (primary N) is 4. The van der Waals surface area contributed by atoms with Crippen LogP contribution in [-0.4, -0.2) is 175 Å². The molecule has 1 aliphatic rings. The summed E-state index contributed by atoms with van der Waals surface area (Å²) in [5.41, 5.74) is 22.6. The summed E-state index contributed by atoms with van der Waals surface area (Å²) in [4.78, 5) is 130. The molecule has 2 aromatic heterocycles. The van der Waals surface area contributed by atoms with Crippen molar-refractivity contribution in [2.75, 3.05) is 19.6 Å². The Labute approximate surface area is 415 Å². The third-order valence-corrected chi connectivity index (χ3v) is 11.2. The van der Waals surface area contributed by atoms with Gasteiger partial charge in [0.15, 0.2) is 11.9 Å². The standard InChI is InChI=1S/C43H72N18O11/c1-21(2)14-29(37(67)58-30(15-24-17-48-19-53-24)38(68)61-33(23(4)63)40(70)59-31(41(71)72)16-25-18-49-20-54-25)57-35(65)27(9-6-12-51-42(44)45)56-39(69)32(22(3)62)60-36(66)28(10-7-13-52-43(46)47)55-34(64)26-8-5-11-50-26/h17-23,26-33,50,62-63H,5-16H2,1-4H3,(H,48,53)(H,49,54)(H,55,64)(H,56,69)(H,57,65)(H,58,67)(H,59,70)(H,60,66)(H,61,68)(H,71,72)(H4,44,45,51)(H4,46,47,52)/t22-,23-,26+,27+,28+,29+,30+,31+,32+,33+/m1/s1. The molecule has 0 aromatic carbocycles. The predicted molar refractivity (Wildman–Crippen MR) is 259 cm³/mol. The number of aliphatic carboxylic acids is 1. The molecule has 72 heavy (non-hydrogen) atoms. The van der Waals surface area contributed by atoms with Crippen molar-refractivity contribution in [3.63, 3.8) is 0 Å².